The van der Waals surface area contributed by atoms with Crippen molar-refractivity contribution in [2.24, 2.45) is 0 Å². The molecule has 1 aromatic carbocycles. The molecule has 2 heterocycles. The SMILES string of the molecule is CO[C@@H](Cn1cc(-c2cc(F)c(F)c(F)c2)nn1)C(OC(CO)[C@@H](C)O)Sc1cncc(C#N)c1. The molecule has 2 unspecified atom stereocenters. The zero-order valence-electron chi connectivity index (χ0n) is 18.7. The third-order valence-electron chi connectivity index (χ3n) is 4.91. The minimum absolute atomic E-state index is 0.00219. The van der Waals surface area contributed by atoms with E-state index in [1.807, 2.05) is 6.07 Å². The van der Waals surface area contributed by atoms with E-state index in [1.54, 1.807) is 6.07 Å². The number of aliphatic hydroxyl groups is 2. The number of aliphatic hydroxyl groups excluding tert-OH is 2. The standard InChI is InChI=1S/C22H22F3N5O4S/c1-12(32)20(11-31)34-22(35-15-3-13(6-26)7-27-8-15)19(33-2)10-30-9-18(28-29-30)14-4-16(23)21(25)17(24)5-14/h3-5,7-9,12,19-20,22,31-32H,10-11H2,1-2H3/t12-,19+,20?,22?/m1/s1. The number of nitrogens with zero attached hydrogens (tertiary/aromatic N) is 5. The van der Waals surface area contributed by atoms with Gasteiger partial charge in [0.2, 0.25) is 0 Å². The second kappa shape index (κ2) is 12.1. The number of halogens is 3. The van der Waals surface area contributed by atoms with E-state index < -0.39 is 47.8 Å². The van der Waals surface area contributed by atoms with E-state index in [-0.39, 0.29) is 17.8 Å². The average molecular weight is 510 g/mol. The van der Waals surface area contributed by atoms with E-state index in [0.717, 1.165) is 23.9 Å². The normalized spacial score (nSPS) is 14.8. The van der Waals surface area contributed by atoms with Crippen molar-refractivity contribution >= 4 is 11.8 Å². The number of rotatable bonds is 11. The first-order valence-electron chi connectivity index (χ1n) is 10.3. The monoisotopic (exact) mass is 509 g/mol. The summed E-state index contributed by atoms with van der Waals surface area (Å²) in [6.45, 7) is 1.06. The number of pyridine rings is 1. The molecule has 13 heteroatoms. The van der Waals surface area contributed by atoms with Gasteiger partial charge in [-0.05, 0) is 25.1 Å². The van der Waals surface area contributed by atoms with Gasteiger partial charge in [-0.1, -0.05) is 17.0 Å². The summed E-state index contributed by atoms with van der Waals surface area (Å²) in [5.74, 6) is -4.28. The summed E-state index contributed by atoms with van der Waals surface area (Å²) in [5.41, 5.74) is -0.379. The maximum Gasteiger partial charge on any atom is 0.194 e. The van der Waals surface area contributed by atoms with Gasteiger partial charge in [0.1, 0.15) is 29.4 Å². The smallest absolute Gasteiger partial charge is 0.194 e. The van der Waals surface area contributed by atoms with Crippen molar-refractivity contribution in [2.45, 2.75) is 42.1 Å². The molecule has 0 spiro atoms. The van der Waals surface area contributed by atoms with Crippen molar-refractivity contribution < 1.29 is 32.9 Å². The molecule has 0 bridgehead atoms. The Morgan fingerprint density at radius 1 is 1.17 bits per heavy atom. The summed E-state index contributed by atoms with van der Waals surface area (Å²) in [6.07, 6.45) is 1.67. The molecule has 4 atom stereocenters. The maximum absolute atomic E-state index is 13.6. The fourth-order valence-corrected chi connectivity index (χ4v) is 4.16. The summed E-state index contributed by atoms with van der Waals surface area (Å²) >= 11 is 1.15. The topological polar surface area (TPSA) is 126 Å². The minimum Gasteiger partial charge on any atom is -0.394 e. The molecule has 35 heavy (non-hydrogen) atoms. The van der Waals surface area contributed by atoms with Crippen LogP contribution in [0.4, 0.5) is 13.2 Å². The van der Waals surface area contributed by atoms with Crippen LogP contribution in [0.1, 0.15) is 12.5 Å². The summed E-state index contributed by atoms with van der Waals surface area (Å²) in [6, 6.07) is 5.22. The average Bonchev–Trinajstić information content (AvgIpc) is 3.32. The fraction of sp³-hybridized carbons (Fsp3) is 0.364. The van der Waals surface area contributed by atoms with Crippen LogP contribution in [0.2, 0.25) is 0 Å². The van der Waals surface area contributed by atoms with E-state index in [9.17, 15) is 23.4 Å². The molecule has 0 aliphatic heterocycles. The first-order valence-corrected chi connectivity index (χ1v) is 11.2. The molecular formula is C22H22F3N5O4S. The predicted octanol–water partition coefficient (Wildman–Crippen LogP) is 2.52. The van der Waals surface area contributed by atoms with Crippen molar-refractivity contribution in [1.29, 1.82) is 5.26 Å². The lowest BCUT2D eigenvalue weighted by atomic mass is 10.1. The Bertz CT molecular complexity index is 1170. The molecule has 0 fully saturated rings. The van der Waals surface area contributed by atoms with Gasteiger partial charge in [-0.2, -0.15) is 5.26 Å². The third kappa shape index (κ3) is 6.77. The van der Waals surface area contributed by atoms with Crippen LogP contribution in [-0.4, -0.2) is 67.7 Å². The Morgan fingerprint density at radius 3 is 2.49 bits per heavy atom. The highest BCUT2D eigenvalue weighted by Gasteiger charge is 2.30. The quantitative estimate of drug-likeness (QED) is 0.228. The molecule has 3 aromatic rings. The van der Waals surface area contributed by atoms with Crippen LogP contribution in [0, 0.1) is 28.8 Å². The van der Waals surface area contributed by atoms with Gasteiger partial charge < -0.3 is 19.7 Å². The molecule has 2 aromatic heterocycles. The number of ether oxygens (including phenoxy) is 2. The van der Waals surface area contributed by atoms with Crippen LogP contribution < -0.4 is 0 Å². The lowest BCUT2D eigenvalue weighted by molar-refractivity contribution is -0.105. The number of benzene rings is 1. The summed E-state index contributed by atoms with van der Waals surface area (Å²) in [4.78, 5) is 4.59. The molecular weight excluding hydrogens is 487 g/mol. The molecule has 0 saturated carbocycles. The van der Waals surface area contributed by atoms with Gasteiger partial charge in [-0.25, -0.2) is 17.9 Å². The van der Waals surface area contributed by atoms with Crippen LogP contribution in [0.5, 0.6) is 0 Å². The Labute approximate surface area is 203 Å². The van der Waals surface area contributed by atoms with E-state index in [0.29, 0.717) is 10.5 Å². The van der Waals surface area contributed by atoms with Crippen LogP contribution in [0.25, 0.3) is 11.3 Å². The first kappa shape index (κ1) is 26.6. The van der Waals surface area contributed by atoms with E-state index >= 15 is 0 Å². The van der Waals surface area contributed by atoms with Gasteiger partial charge in [0.05, 0.1) is 31.0 Å². The Morgan fingerprint density at radius 2 is 1.89 bits per heavy atom. The van der Waals surface area contributed by atoms with Crippen LogP contribution in [-0.2, 0) is 16.0 Å². The largest absolute Gasteiger partial charge is 0.394 e. The zero-order valence-corrected chi connectivity index (χ0v) is 19.5. The van der Waals surface area contributed by atoms with Gasteiger partial charge in [-0.3, -0.25) is 4.98 Å². The summed E-state index contributed by atoms with van der Waals surface area (Å²) in [7, 11) is 1.42. The van der Waals surface area contributed by atoms with Crippen molar-refractivity contribution in [3.63, 3.8) is 0 Å². The summed E-state index contributed by atoms with van der Waals surface area (Å²) in [5, 5.41) is 36.5. The molecule has 9 nitrogen and oxygen atoms in total. The maximum atomic E-state index is 13.6. The lowest BCUT2D eigenvalue weighted by Gasteiger charge is -2.30. The predicted molar refractivity (Wildman–Crippen MR) is 118 cm³/mol. The molecule has 2 N–H and O–H groups in total. The Kier molecular flexibility index (Phi) is 9.19. The molecule has 0 saturated heterocycles. The second-order valence-electron chi connectivity index (χ2n) is 7.46. The lowest BCUT2D eigenvalue weighted by Crippen LogP contribution is -2.40. The van der Waals surface area contributed by atoms with Crippen molar-refractivity contribution in [3.05, 3.63) is 59.8 Å². The zero-order chi connectivity index (χ0) is 25.5. The van der Waals surface area contributed by atoms with Crippen LogP contribution in [0.3, 0.4) is 0 Å². The number of hydrogen-bond donors (Lipinski definition) is 2. The Hall–Kier alpha value is -3.02. The highest BCUT2D eigenvalue weighted by Crippen LogP contribution is 2.30. The molecule has 0 amide bonds. The van der Waals surface area contributed by atoms with E-state index in [4.69, 9.17) is 14.7 Å². The van der Waals surface area contributed by atoms with Gasteiger partial charge in [0, 0.05) is 30.0 Å². The highest BCUT2D eigenvalue weighted by molar-refractivity contribution is 7.99. The number of methoxy groups -OCH3 is 1. The van der Waals surface area contributed by atoms with Crippen molar-refractivity contribution in [1.82, 2.24) is 20.0 Å². The number of thioether (sulfide) groups is 1. The van der Waals surface area contributed by atoms with Gasteiger partial charge in [0.15, 0.2) is 17.5 Å². The first-order chi connectivity index (χ1) is 16.7. The number of hydrogen-bond acceptors (Lipinski definition) is 9. The van der Waals surface area contributed by atoms with Gasteiger partial charge in [0.25, 0.3) is 0 Å². The molecule has 3 rings (SSSR count). The van der Waals surface area contributed by atoms with E-state index in [2.05, 4.69) is 15.3 Å². The molecule has 0 aliphatic rings. The Balaban J connectivity index is 1.85. The van der Waals surface area contributed by atoms with Crippen LogP contribution in [0.15, 0.2) is 41.7 Å². The van der Waals surface area contributed by atoms with Gasteiger partial charge >= 0.3 is 0 Å². The van der Waals surface area contributed by atoms with Gasteiger partial charge in [-0.15, -0.1) is 5.10 Å². The summed E-state index contributed by atoms with van der Waals surface area (Å²) < 4.78 is 53.3. The second-order valence-corrected chi connectivity index (χ2v) is 8.63. The number of nitriles is 1. The molecule has 0 aliphatic carbocycles. The van der Waals surface area contributed by atoms with E-state index in [1.165, 1.54) is 37.3 Å². The highest BCUT2D eigenvalue weighted by atomic mass is 32.2. The fourth-order valence-electron chi connectivity index (χ4n) is 3.03. The number of aromatic nitrogens is 4. The van der Waals surface area contributed by atoms with Crippen molar-refractivity contribution in [2.75, 3.05) is 13.7 Å². The van der Waals surface area contributed by atoms with Crippen molar-refractivity contribution in [3.8, 4) is 17.3 Å². The minimum atomic E-state index is -1.58. The van der Waals surface area contributed by atoms with Crippen LogP contribution >= 0.6 is 11.8 Å². The molecule has 0 radical (unpaired) electrons. The third-order valence-corrected chi connectivity index (χ3v) is 6.06. The molecule has 186 valence electrons.